The van der Waals surface area contributed by atoms with Crippen LogP contribution in [0.15, 0.2) is 18.3 Å². The smallest absolute Gasteiger partial charge is 0.0731 e. The first kappa shape index (κ1) is 11.4. The Balaban J connectivity index is 2.14. The maximum atomic E-state index is 9.48. The molecule has 2 rings (SSSR count). The van der Waals surface area contributed by atoms with Crippen LogP contribution < -0.4 is 4.90 Å². The molecule has 0 unspecified atom stereocenters. The topological polar surface area (TPSA) is 36.4 Å². The van der Waals surface area contributed by atoms with Crippen molar-refractivity contribution in [3.63, 3.8) is 0 Å². The molecule has 0 spiro atoms. The Morgan fingerprint density at radius 2 is 2.12 bits per heavy atom. The summed E-state index contributed by atoms with van der Waals surface area (Å²) < 4.78 is 0. The highest BCUT2D eigenvalue weighted by atomic mass is 16.3. The van der Waals surface area contributed by atoms with Gasteiger partial charge < -0.3 is 10.0 Å². The molecule has 16 heavy (non-hydrogen) atoms. The average molecular weight is 220 g/mol. The Labute approximate surface area is 97.1 Å². The standard InChI is InChI=1S/C13H20N2O/c1-13(2,3)12-5-4-10(8-14-12)15-7-6-11(16)9-15/h4-5,8,11,16H,6-7,9H2,1-3H3/t11-/m0/s1. The number of rotatable bonds is 1. The van der Waals surface area contributed by atoms with Gasteiger partial charge in [0.1, 0.15) is 0 Å². The molecule has 0 bridgehead atoms. The van der Waals surface area contributed by atoms with Crippen LogP contribution in [-0.4, -0.2) is 29.3 Å². The minimum atomic E-state index is -0.178. The van der Waals surface area contributed by atoms with Crippen LogP contribution in [0.25, 0.3) is 0 Å². The first-order chi connectivity index (χ1) is 7.47. The maximum absolute atomic E-state index is 9.48. The summed E-state index contributed by atoms with van der Waals surface area (Å²) >= 11 is 0. The lowest BCUT2D eigenvalue weighted by atomic mass is 9.92. The molecule has 0 saturated carbocycles. The van der Waals surface area contributed by atoms with Crippen molar-refractivity contribution in [2.45, 2.75) is 38.7 Å². The van der Waals surface area contributed by atoms with E-state index in [4.69, 9.17) is 0 Å². The summed E-state index contributed by atoms with van der Waals surface area (Å²) in [6.45, 7) is 8.14. The van der Waals surface area contributed by atoms with Crippen LogP contribution in [0.3, 0.4) is 0 Å². The number of anilines is 1. The molecule has 0 aromatic carbocycles. The van der Waals surface area contributed by atoms with Crippen LogP contribution in [0, 0.1) is 0 Å². The molecule has 88 valence electrons. The average Bonchev–Trinajstić information content (AvgIpc) is 2.64. The molecular weight excluding hydrogens is 200 g/mol. The normalized spacial score (nSPS) is 21.5. The molecule has 1 aromatic heterocycles. The predicted octanol–water partition coefficient (Wildman–Crippen LogP) is 1.95. The van der Waals surface area contributed by atoms with E-state index >= 15 is 0 Å². The van der Waals surface area contributed by atoms with Crippen LogP contribution in [0.4, 0.5) is 5.69 Å². The quantitative estimate of drug-likeness (QED) is 0.786. The number of aromatic nitrogens is 1. The minimum absolute atomic E-state index is 0.100. The van der Waals surface area contributed by atoms with Crippen LogP contribution >= 0.6 is 0 Å². The lowest BCUT2D eigenvalue weighted by Gasteiger charge is -2.21. The molecular formula is C13H20N2O. The third kappa shape index (κ3) is 2.35. The second kappa shape index (κ2) is 4.06. The monoisotopic (exact) mass is 220 g/mol. The molecule has 3 nitrogen and oxygen atoms in total. The van der Waals surface area contributed by atoms with E-state index in [1.54, 1.807) is 0 Å². The summed E-state index contributed by atoms with van der Waals surface area (Å²) in [5.74, 6) is 0. The van der Waals surface area contributed by atoms with E-state index < -0.39 is 0 Å². The Morgan fingerprint density at radius 3 is 2.56 bits per heavy atom. The van der Waals surface area contributed by atoms with Crippen molar-refractivity contribution in [2.75, 3.05) is 18.0 Å². The summed E-state index contributed by atoms with van der Waals surface area (Å²) in [7, 11) is 0. The molecule has 0 radical (unpaired) electrons. The van der Waals surface area contributed by atoms with Crippen molar-refractivity contribution < 1.29 is 5.11 Å². The fourth-order valence-corrected chi connectivity index (χ4v) is 1.99. The van der Waals surface area contributed by atoms with Gasteiger partial charge >= 0.3 is 0 Å². The Morgan fingerprint density at radius 1 is 1.38 bits per heavy atom. The molecule has 1 saturated heterocycles. The SMILES string of the molecule is CC(C)(C)c1ccc(N2CC[C@H](O)C2)cn1. The van der Waals surface area contributed by atoms with Crippen molar-refractivity contribution in [3.05, 3.63) is 24.0 Å². The summed E-state index contributed by atoms with van der Waals surface area (Å²) in [4.78, 5) is 6.68. The van der Waals surface area contributed by atoms with Gasteiger partial charge in [-0.2, -0.15) is 0 Å². The van der Waals surface area contributed by atoms with Crippen LogP contribution in [0.1, 0.15) is 32.9 Å². The van der Waals surface area contributed by atoms with Gasteiger partial charge in [0.2, 0.25) is 0 Å². The van der Waals surface area contributed by atoms with E-state index in [2.05, 4.69) is 42.8 Å². The predicted molar refractivity (Wildman–Crippen MR) is 65.8 cm³/mol. The van der Waals surface area contributed by atoms with E-state index in [1.165, 1.54) is 0 Å². The molecule has 1 aliphatic rings. The second-order valence-electron chi connectivity index (χ2n) is 5.54. The van der Waals surface area contributed by atoms with Crippen molar-refractivity contribution in [2.24, 2.45) is 0 Å². The van der Waals surface area contributed by atoms with E-state index in [0.29, 0.717) is 0 Å². The molecule has 1 aromatic rings. The van der Waals surface area contributed by atoms with Gasteiger partial charge in [-0.15, -0.1) is 0 Å². The van der Waals surface area contributed by atoms with Gasteiger partial charge in [-0.3, -0.25) is 4.98 Å². The highest BCUT2D eigenvalue weighted by Crippen LogP contribution is 2.24. The number of aliphatic hydroxyl groups excluding tert-OH is 1. The van der Waals surface area contributed by atoms with Gasteiger partial charge in [-0.1, -0.05) is 20.8 Å². The van der Waals surface area contributed by atoms with Gasteiger partial charge in [0.15, 0.2) is 0 Å². The van der Waals surface area contributed by atoms with Crippen molar-refractivity contribution in [3.8, 4) is 0 Å². The number of β-amino-alcohol motifs (C(OH)–C–C–N with tert-alkyl or cyclic N) is 1. The van der Waals surface area contributed by atoms with Gasteiger partial charge in [0.05, 0.1) is 18.0 Å². The number of hydrogen-bond acceptors (Lipinski definition) is 3. The largest absolute Gasteiger partial charge is 0.391 e. The summed E-state index contributed by atoms with van der Waals surface area (Å²) in [6.07, 6.45) is 2.60. The zero-order valence-corrected chi connectivity index (χ0v) is 10.3. The molecule has 0 aliphatic carbocycles. The third-order valence-corrected chi connectivity index (χ3v) is 3.04. The summed E-state index contributed by atoms with van der Waals surface area (Å²) in [5, 5.41) is 9.48. The Hall–Kier alpha value is -1.09. The lowest BCUT2D eigenvalue weighted by molar-refractivity contribution is 0.198. The molecule has 0 amide bonds. The fourth-order valence-electron chi connectivity index (χ4n) is 1.99. The zero-order valence-electron chi connectivity index (χ0n) is 10.3. The number of aliphatic hydroxyl groups is 1. The lowest BCUT2D eigenvalue weighted by Crippen LogP contribution is -2.22. The van der Waals surface area contributed by atoms with E-state index in [9.17, 15) is 5.11 Å². The summed E-state index contributed by atoms with van der Waals surface area (Å²) in [6, 6.07) is 4.19. The van der Waals surface area contributed by atoms with Gasteiger partial charge in [-0.25, -0.2) is 0 Å². The molecule has 1 aliphatic heterocycles. The third-order valence-electron chi connectivity index (χ3n) is 3.04. The number of pyridine rings is 1. The second-order valence-corrected chi connectivity index (χ2v) is 5.54. The zero-order chi connectivity index (χ0) is 11.8. The van der Waals surface area contributed by atoms with Gasteiger partial charge in [-0.05, 0) is 18.6 Å². The number of nitrogens with zero attached hydrogens (tertiary/aromatic N) is 2. The van der Waals surface area contributed by atoms with Crippen LogP contribution in [0.5, 0.6) is 0 Å². The van der Waals surface area contributed by atoms with E-state index in [0.717, 1.165) is 30.9 Å². The minimum Gasteiger partial charge on any atom is -0.391 e. The van der Waals surface area contributed by atoms with Crippen LogP contribution in [-0.2, 0) is 5.41 Å². The Bertz CT molecular complexity index is 353. The first-order valence-electron chi connectivity index (χ1n) is 5.86. The van der Waals surface area contributed by atoms with Gasteiger partial charge in [0.25, 0.3) is 0 Å². The molecule has 1 N–H and O–H groups in total. The summed E-state index contributed by atoms with van der Waals surface area (Å²) in [5.41, 5.74) is 2.32. The van der Waals surface area contributed by atoms with E-state index in [-0.39, 0.29) is 11.5 Å². The van der Waals surface area contributed by atoms with E-state index in [1.807, 2.05) is 6.20 Å². The van der Waals surface area contributed by atoms with Crippen molar-refractivity contribution >= 4 is 5.69 Å². The number of hydrogen-bond donors (Lipinski definition) is 1. The maximum Gasteiger partial charge on any atom is 0.0731 e. The fraction of sp³-hybridized carbons (Fsp3) is 0.615. The molecule has 2 heterocycles. The Kier molecular flexibility index (Phi) is 2.89. The molecule has 1 fully saturated rings. The van der Waals surface area contributed by atoms with Crippen molar-refractivity contribution in [1.29, 1.82) is 0 Å². The van der Waals surface area contributed by atoms with Crippen molar-refractivity contribution in [1.82, 2.24) is 4.98 Å². The van der Waals surface area contributed by atoms with Crippen LogP contribution in [0.2, 0.25) is 0 Å². The molecule has 3 heteroatoms. The molecule has 1 atom stereocenters. The highest BCUT2D eigenvalue weighted by molar-refractivity contribution is 5.46. The highest BCUT2D eigenvalue weighted by Gasteiger charge is 2.21. The first-order valence-corrected chi connectivity index (χ1v) is 5.86. The van der Waals surface area contributed by atoms with Gasteiger partial charge in [0, 0.05) is 24.2 Å².